The standard InChI is InChI=1S/C13H15ClN4O2S/c1-7(15)10(8-3-5-9(14)6-4-8)21-13-16-11(19)12(20)17-18(13)2/h3-7,10H,15H2,1-2H3,(H,17,20). The molecule has 0 saturated carbocycles. The number of aromatic nitrogens is 3. The molecular weight excluding hydrogens is 312 g/mol. The summed E-state index contributed by atoms with van der Waals surface area (Å²) < 4.78 is 1.42. The molecule has 8 heteroatoms. The number of thioether (sulfide) groups is 1. The largest absolute Gasteiger partial charge is 0.339 e. The zero-order valence-corrected chi connectivity index (χ0v) is 13.1. The summed E-state index contributed by atoms with van der Waals surface area (Å²) in [7, 11) is 1.62. The van der Waals surface area contributed by atoms with Crippen LogP contribution in [0.25, 0.3) is 0 Å². The van der Waals surface area contributed by atoms with Crippen molar-refractivity contribution in [1.82, 2.24) is 14.8 Å². The molecule has 0 aliphatic heterocycles. The number of aromatic amines is 1. The van der Waals surface area contributed by atoms with Crippen LogP contribution in [0.2, 0.25) is 5.02 Å². The normalized spacial score (nSPS) is 13.9. The fourth-order valence-electron chi connectivity index (χ4n) is 1.81. The Bertz CT molecular complexity index is 739. The van der Waals surface area contributed by atoms with E-state index >= 15 is 0 Å². The van der Waals surface area contributed by atoms with Crippen molar-refractivity contribution in [1.29, 1.82) is 0 Å². The molecule has 1 aromatic carbocycles. The van der Waals surface area contributed by atoms with E-state index in [0.717, 1.165) is 5.56 Å². The molecule has 3 N–H and O–H groups in total. The van der Waals surface area contributed by atoms with E-state index in [2.05, 4.69) is 10.1 Å². The van der Waals surface area contributed by atoms with E-state index in [1.807, 2.05) is 19.1 Å². The van der Waals surface area contributed by atoms with Gasteiger partial charge < -0.3 is 5.73 Å². The number of halogens is 1. The molecule has 2 rings (SSSR count). The van der Waals surface area contributed by atoms with Gasteiger partial charge >= 0.3 is 11.1 Å². The highest BCUT2D eigenvalue weighted by atomic mass is 35.5. The molecule has 21 heavy (non-hydrogen) atoms. The van der Waals surface area contributed by atoms with Crippen molar-refractivity contribution < 1.29 is 0 Å². The molecule has 112 valence electrons. The maximum atomic E-state index is 11.4. The number of nitrogens with zero attached hydrogens (tertiary/aromatic N) is 2. The number of aryl methyl sites for hydroxylation is 1. The monoisotopic (exact) mass is 326 g/mol. The van der Waals surface area contributed by atoms with Crippen LogP contribution in [-0.2, 0) is 7.05 Å². The number of H-pyrrole nitrogens is 1. The summed E-state index contributed by atoms with van der Waals surface area (Å²) in [5, 5.41) is 3.34. The van der Waals surface area contributed by atoms with Crippen LogP contribution in [0.1, 0.15) is 17.7 Å². The van der Waals surface area contributed by atoms with Crippen LogP contribution in [0.5, 0.6) is 0 Å². The molecule has 1 aromatic heterocycles. The van der Waals surface area contributed by atoms with Crippen LogP contribution in [-0.4, -0.2) is 20.8 Å². The van der Waals surface area contributed by atoms with Gasteiger partial charge in [-0.05, 0) is 24.6 Å². The first-order valence-electron chi connectivity index (χ1n) is 6.23. The van der Waals surface area contributed by atoms with Gasteiger partial charge in [-0.1, -0.05) is 35.5 Å². The first-order chi connectivity index (χ1) is 9.88. The minimum absolute atomic E-state index is 0.119. The van der Waals surface area contributed by atoms with Gasteiger partial charge in [0, 0.05) is 18.1 Å². The molecular formula is C13H15ClN4O2S. The van der Waals surface area contributed by atoms with Crippen molar-refractivity contribution in [2.45, 2.75) is 23.4 Å². The van der Waals surface area contributed by atoms with Crippen LogP contribution < -0.4 is 16.9 Å². The van der Waals surface area contributed by atoms with Gasteiger partial charge in [0.25, 0.3) is 0 Å². The lowest BCUT2D eigenvalue weighted by molar-refractivity contribution is 0.592. The van der Waals surface area contributed by atoms with Gasteiger partial charge in [-0.3, -0.25) is 19.4 Å². The second kappa shape index (κ2) is 6.46. The Hall–Kier alpha value is -1.57. The summed E-state index contributed by atoms with van der Waals surface area (Å²) in [4.78, 5) is 26.4. The predicted octanol–water partition coefficient (Wildman–Crippen LogP) is 1.30. The van der Waals surface area contributed by atoms with Gasteiger partial charge in [0.15, 0.2) is 5.16 Å². The molecule has 0 aliphatic rings. The number of rotatable bonds is 4. The highest BCUT2D eigenvalue weighted by Gasteiger charge is 2.20. The molecule has 2 unspecified atom stereocenters. The third kappa shape index (κ3) is 3.75. The van der Waals surface area contributed by atoms with E-state index in [0.29, 0.717) is 10.2 Å². The molecule has 0 saturated heterocycles. The smallest absolute Gasteiger partial charge is 0.327 e. The van der Waals surface area contributed by atoms with Crippen LogP contribution in [0.3, 0.4) is 0 Å². The summed E-state index contributed by atoms with van der Waals surface area (Å²) in [5.41, 5.74) is 5.45. The Labute approximate surface area is 130 Å². The molecule has 6 nitrogen and oxygen atoms in total. The molecule has 1 heterocycles. The van der Waals surface area contributed by atoms with Crippen molar-refractivity contribution in [2.75, 3.05) is 0 Å². The summed E-state index contributed by atoms with van der Waals surface area (Å²) in [5.74, 6) is 0. The second-order valence-corrected chi connectivity index (χ2v) is 6.19. The summed E-state index contributed by atoms with van der Waals surface area (Å²) in [6.45, 7) is 1.87. The number of hydrogen-bond donors (Lipinski definition) is 2. The van der Waals surface area contributed by atoms with E-state index in [1.54, 1.807) is 19.2 Å². The SMILES string of the molecule is CC(N)C(Sc1nc(=O)c(=O)[nH]n1C)c1ccc(Cl)cc1. The molecule has 0 amide bonds. The Morgan fingerprint density at radius 1 is 1.33 bits per heavy atom. The van der Waals surface area contributed by atoms with Crippen molar-refractivity contribution in [3.05, 3.63) is 55.6 Å². The average Bonchev–Trinajstić information content (AvgIpc) is 2.42. The van der Waals surface area contributed by atoms with Crippen molar-refractivity contribution in [3.8, 4) is 0 Å². The minimum atomic E-state index is -0.810. The Morgan fingerprint density at radius 2 is 1.95 bits per heavy atom. The topological polar surface area (TPSA) is 93.8 Å². The van der Waals surface area contributed by atoms with E-state index in [4.69, 9.17) is 17.3 Å². The van der Waals surface area contributed by atoms with Crippen LogP contribution >= 0.6 is 23.4 Å². The number of benzene rings is 1. The molecule has 0 fully saturated rings. The lowest BCUT2D eigenvalue weighted by Gasteiger charge is -2.21. The second-order valence-electron chi connectivity index (χ2n) is 4.65. The van der Waals surface area contributed by atoms with Gasteiger partial charge in [-0.2, -0.15) is 4.98 Å². The predicted molar refractivity (Wildman–Crippen MR) is 83.8 cm³/mol. The van der Waals surface area contributed by atoms with Gasteiger partial charge in [-0.15, -0.1) is 0 Å². The van der Waals surface area contributed by atoms with Crippen molar-refractivity contribution in [2.24, 2.45) is 12.8 Å². The fraction of sp³-hybridized carbons (Fsp3) is 0.308. The Morgan fingerprint density at radius 3 is 2.52 bits per heavy atom. The van der Waals surface area contributed by atoms with E-state index in [9.17, 15) is 9.59 Å². The lowest BCUT2D eigenvalue weighted by Crippen LogP contribution is -2.34. The number of nitrogens with two attached hydrogens (primary N) is 1. The molecule has 0 radical (unpaired) electrons. The molecule has 0 bridgehead atoms. The van der Waals surface area contributed by atoms with E-state index in [1.165, 1.54) is 16.4 Å². The molecule has 0 aliphatic carbocycles. The van der Waals surface area contributed by atoms with Gasteiger partial charge in [0.2, 0.25) is 0 Å². The molecule has 2 atom stereocenters. The fourth-order valence-corrected chi connectivity index (χ4v) is 3.01. The third-order valence-corrected chi connectivity index (χ3v) is 4.64. The van der Waals surface area contributed by atoms with Crippen LogP contribution in [0.15, 0.2) is 39.0 Å². The summed E-state index contributed by atoms with van der Waals surface area (Å²) in [6.07, 6.45) is 0. The Kier molecular flexibility index (Phi) is 4.87. The van der Waals surface area contributed by atoms with E-state index < -0.39 is 11.1 Å². The minimum Gasteiger partial charge on any atom is -0.327 e. The summed E-state index contributed by atoms with van der Waals surface area (Å²) in [6, 6.07) is 7.15. The molecule has 2 aromatic rings. The van der Waals surface area contributed by atoms with Gasteiger partial charge in [0.05, 0.1) is 5.25 Å². The lowest BCUT2D eigenvalue weighted by atomic mass is 10.1. The number of nitrogens with one attached hydrogen (secondary N) is 1. The molecule has 0 spiro atoms. The maximum absolute atomic E-state index is 11.4. The van der Waals surface area contributed by atoms with Crippen molar-refractivity contribution in [3.63, 3.8) is 0 Å². The number of hydrogen-bond acceptors (Lipinski definition) is 5. The quantitative estimate of drug-likeness (QED) is 0.652. The average molecular weight is 327 g/mol. The maximum Gasteiger partial charge on any atom is 0.339 e. The Balaban J connectivity index is 2.37. The first-order valence-corrected chi connectivity index (χ1v) is 7.49. The zero-order valence-electron chi connectivity index (χ0n) is 11.5. The van der Waals surface area contributed by atoms with Crippen molar-refractivity contribution >= 4 is 23.4 Å². The van der Waals surface area contributed by atoms with Gasteiger partial charge in [0.1, 0.15) is 0 Å². The highest BCUT2D eigenvalue weighted by Crippen LogP contribution is 2.35. The third-order valence-electron chi connectivity index (χ3n) is 2.86. The zero-order chi connectivity index (χ0) is 15.6. The van der Waals surface area contributed by atoms with E-state index in [-0.39, 0.29) is 11.3 Å². The first kappa shape index (κ1) is 15.8. The highest BCUT2D eigenvalue weighted by molar-refractivity contribution is 7.99. The van der Waals surface area contributed by atoms with Crippen LogP contribution in [0.4, 0.5) is 0 Å². The summed E-state index contributed by atoms with van der Waals surface area (Å²) >= 11 is 7.20. The van der Waals surface area contributed by atoms with Crippen LogP contribution in [0, 0.1) is 0 Å². The van der Waals surface area contributed by atoms with Gasteiger partial charge in [-0.25, -0.2) is 0 Å².